The van der Waals surface area contributed by atoms with Gasteiger partial charge in [-0.1, -0.05) is 0 Å². The molecule has 170 valence electrons. The van der Waals surface area contributed by atoms with E-state index in [0.29, 0.717) is 17.9 Å². The normalized spacial score (nSPS) is 22.9. The van der Waals surface area contributed by atoms with Crippen molar-refractivity contribution < 1.29 is 4.74 Å². The zero-order valence-corrected chi connectivity index (χ0v) is 22.6. The molecule has 4 rings (SSSR count). The summed E-state index contributed by atoms with van der Waals surface area (Å²) < 4.78 is 4.25. The van der Waals surface area contributed by atoms with E-state index in [9.17, 15) is 0 Å². The van der Waals surface area contributed by atoms with Crippen molar-refractivity contribution in [3.8, 4) is 0 Å². The first-order valence-electron chi connectivity index (χ1n) is 11.9. The average Bonchev–Trinajstić information content (AvgIpc) is 2.84. The first-order chi connectivity index (χ1) is 15.4. The number of benzene rings is 3. The molecule has 1 saturated carbocycles. The van der Waals surface area contributed by atoms with Crippen LogP contribution in [0.4, 0.5) is 0 Å². The Hall–Kier alpha value is -1.22. The summed E-state index contributed by atoms with van der Waals surface area (Å²) >= 11 is 2.84. The summed E-state index contributed by atoms with van der Waals surface area (Å²) in [5.41, 5.74) is 0. The summed E-state index contributed by atoms with van der Waals surface area (Å²) in [7, 11) is 0. The van der Waals surface area contributed by atoms with Gasteiger partial charge in [0.1, 0.15) is 0 Å². The first-order valence-corrected chi connectivity index (χ1v) is 17.2. The quantitative estimate of drug-likeness (QED) is 0.219. The SMILES string of the molecule is CC1CCC(C(C)C)C(OCP(I)(c2ccccc2)(c2ccccc2)c2ccccc2)C1. The summed E-state index contributed by atoms with van der Waals surface area (Å²) in [5, 5.41) is 4.17. The fourth-order valence-corrected chi connectivity index (χ4v) is 13.0. The molecule has 0 amide bonds. The number of rotatable bonds is 7. The molecule has 0 spiro atoms. The van der Waals surface area contributed by atoms with Gasteiger partial charge < -0.3 is 0 Å². The molecule has 1 fully saturated rings. The van der Waals surface area contributed by atoms with E-state index in [4.69, 9.17) is 4.74 Å². The minimum atomic E-state index is -2.86. The topological polar surface area (TPSA) is 9.23 Å². The Morgan fingerprint density at radius 3 is 1.62 bits per heavy atom. The van der Waals surface area contributed by atoms with Gasteiger partial charge in [-0.25, -0.2) is 0 Å². The molecular formula is C29H36IOP. The van der Waals surface area contributed by atoms with Crippen LogP contribution < -0.4 is 15.9 Å². The predicted octanol–water partition coefficient (Wildman–Crippen LogP) is 7.30. The van der Waals surface area contributed by atoms with Gasteiger partial charge in [0.05, 0.1) is 0 Å². The third kappa shape index (κ3) is 4.43. The molecule has 0 saturated heterocycles. The van der Waals surface area contributed by atoms with Crippen LogP contribution >= 0.6 is 26.3 Å². The summed E-state index contributed by atoms with van der Waals surface area (Å²) in [6, 6.07) is 33.4. The van der Waals surface area contributed by atoms with E-state index in [-0.39, 0.29) is 0 Å². The van der Waals surface area contributed by atoms with E-state index >= 15 is 0 Å². The van der Waals surface area contributed by atoms with Gasteiger partial charge in [-0.3, -0.25) is 0 Å². The van der Waals surface area contributed by atoms with Crippen LogP contribution in [0.15, 0.2) is 91.0 Å². The van der Waals surface area contributed by atoms with Gasteiger partial charge in [0.25, 0.3) is 0 Å². The van der Waals surface area contributed by atoms with Gasteiger partial charge >= 0.3 is 208 Å². The van der Waals surface area contributed by atoms with Crippen LogP contribution in [-0.4, -0.2) is 12.5 Å². The van der Waals surface area contributed by atoms with Crippen molar-refractivity contribution in [1.29, 1.82) is 0 Å². The number of hydrogen-bond donors (Lipinski definition) is 0. The Labute approximate surface area is 207 Å². The summed E-state index contributed by atoms with van der Waals surface area (Å²) in [4.78, 5) is 0. The second-order valence-electron chi connectivity index (χ2n) is 9.85. The van der Waals surface area contributed by atoms with E-state index in [1.54, 1.807) is 0 Å². The monoisotopic (exact) mass is 558 g/mol. The van der Waals surface area contributed by atoms with Gasteiger partial charge in [0, 0.05) is 0 Å². The molecule has 0 aliphatic heterocycles. The van der Waals surface area contributed by atoms with E-state index in [1.807, 2.05) is 0 Å². The van der Waals surface area contributed by atoms with Crippen molar-refractivity contribution in [2.24, 2.45) is 17.8 Å². The molecule has 1 aliphatic carbocycles. The Balaban J connectivity index is 1.86. The molecule has 32 heavy (non-hydrogen) atoms. The molecule has 0 aromatic heterocycles. The van der Waals surface area contributed by atoms with Crippen LogP contribution in [0.1, 0.15) is 40.0 Å². The van der Waals surface area contributed by atoms with Crippen molar-refractivity contribution >= 4 is 42.2 Å². The Morgan fingerprint density at radius 1 is 0.781 bits per heavy atom. The van der Waals surface area contributed by atoms with Crippen LogP contribution in [0.2, 0.25) is 0 Å². The van der Waals surface area contributed by atoms with Gasteiger partial charge in [-0.05, 0) is 0 Å². The van der Waals surface area contributed by atoms with Crippen LogP contribution in [-0.2, 0) is 4.74 Å². The second-order valence-corrected chi connectivity index (χ2v) is 20.4. The van der Waals surface area contributed by atoms with Crippen molar-refractivity contribution in [2.75, 3.05) is 6.35 Å². The maximum atomic E-state index is 7.11. The van der Waals surface area contributed by atoms with E-state index in [1.165, 1.54) is 35.2 Å². The zero-order valence-electron chi connectivity index (χ0n) is 19.5. The predicted molar refractivity (Wildman–Crippen MR) is 150 cm³/mol. The molecule has 3 heteroatoms. The first kappa shape index (κ1) is 23.9. The molecule has 3 atom stereocenters. The zero-order chi connectivity index (χ0) is 22.6. The Kier molecular flexibility index (Phi) is 7.44. The molecule has 0 bridgehead atoms. The van der Waals surface area contributed by atoms with Crippen LogP contribution in [0.25, 0.3) is 0 Å². The Bertz CT molecular complexity index is 890. The van der Waals surface area contributed by atoms with E-state index < -0.39 is 4.25 Å². The molecule has 0 N–H and O–H groups in total. The number of halogens is 1. The van der Waals surface area contributed by atoms with E-state index in [2.05, 4.69) is 134 Å². The van der Waals surface area contributed by atoms with Gasteiger partial charge in [0.15, 0.2) is 0 Å². The molecule has 0 radical (unpaired) electrons. The fraction of sp³-hybridized carbons (Fsp3) is 0.379. The molecular weight excluding hydrogens is 522 g/mol. The summed E-state index contributed by atoms with van der Waals surface area (Å²) in [6.45, 7) is 7.13. The average molecular weight is 558 g/mol. The van der Waals surface area contributed by atoms with Gasteiger partial charge in [0.2, 0.25) is 0 Å². The van der Waals surface area contributed by atoms with Crippen LogP contribution in [0.3, 0.4) is 0 Å². The van der Waals surface area contributed by atoms with E-state index in [0.717, 1.165) is 12.3 Å². The van der Waals surface area contributed by atoms with Gasteiger partial charge in [-0.2, -0.15) is 0 Å². The second kappa shape index (κ2) is 9.95. The third-order valence-electron chi connectivity index (χ3n) is 7.38. The summed E-state index contributed by atoms with van der Waals surface area (Å²) in [5.74, 6) is 2.03. The molecule has 3 aromatic carbocycles. The molecule has 3 aromatic rings. The van der Waals surface area contributed by atoms with Crippen molar-refractivity contribution in [3.63, 3.8) is 0 Å². The minimum absolute atomic E-state index is 0.325. The van der Waals surface area contributed by atoms with Crippen LogP contribution in [0, 0.1) is 17.8 Å². The molecule has 0 heterocycles. The third-order valence-corrected chi connectivity index (χ3v) is 18.0. The van der Waals surface area contributed by atoms with Crippen molar-refractivity contribution in [2.45, 2.75) is 46.1 Å². The number of hydrogen-bond acceptors (Lipinski definition) is 1. The van der Waals surface area contributed by atoms with Crippen molar-refractivity contribution in [1.82, 2.24) is 0 Å². The number of ether oxygens (including phenoxy) is 1. The van der Waals surface area contributed by atoms with Gasteiger partial charge in [-0.15, -0.1) is 0 Å². The molecule has 1 nitrogen and oxygen atoms in total. The van der Waals surface area contributed by atoms with Crippen molar-refractivity contribution in [3.05, 3.63) is 91.0 Å². The Morgan fingerprint density at radius 2 is 1.22 bits per heavy atom. The molecule has 3 unspecified atom stereocenters. The van der Waals surface area contributed by atoms with Crippen LogP contribution in [0.5, 0.6) is 0 Å². The summed E-state index contributed by atoms with van der Waals surface area (Å²) in [6.07, 6.45) is 4.84. The molecule has 1 aliphatic rings. The standard InChI is InChI=1S/C29H36IOP/c1-23(2)28-20-19-24(3)21-29(28)31-22-32(30,25-13-7-4-8-14-25,26-15-9-5-10-16-26)27-17-11-6-12-18-27/h4-18,23-24,28-29H,19-22H2,1-3H3. The maximum absolute atomic E-state index is 7.11. The fourth-order valence-electron chi connectivity index (χ4n) is 5.43.